The van der Waals surface area contributed by atoms with Gasteiger partial charge >= 0.3 is 0 Å². The van der Waals surface area contributed by atoms with Gasteiger partial charge in [-0.15, -0.1) is 0 Å². The lowest BCUT2D eigenvalue weighted by Crippen LogP contribution is -2.26. The molecule has 1 aromatic heterocycles. The molecule has 8 nitrogen and oxygen atoms in total. The Morgan fingerprint density at radius 2 is 1.90 bits per heavy atom. The van der Waals surface area contributed by atoms with Gasteiger partial charge in [0, 0.05) is 35.1 Å². The molecule has 0 saturated heterocycles. The second-order valence-electron chi connectivity index (χ2n) is 8.29. The van der Waals surface area contributed by atoms with E-state index in [4.69, 9.17) is 16.3 Å². The third-order valence-electron chi connectivity index (χ3n) is 5.41. The van der Waals surface area contributed by atoms with E-state index in [0.717, 1.165) is 0 Å². The molecule has 0 aliphatic carbocycles. The van der Waals surface area contributed by atoms with Crippen LogP contribution in [-0.2, 0) is 16.2 Å². The van der Waals surface area contributed by atoms with Gasteiger partial charge in [0.25, 0.3) is 0 Å². The first-order chi connectivity index (χ1) is 18.9. The normalized spacial score (nSPS) is 10.9. The second kappa shape index (κ2) is 13.7. The van der Waals surface area contributed by atoms with Crippen molar-refractivity contribution >= 4 is 67.4 Å². The summed E-state index contributed by atoms with van der Waals surface area (Å²) < 4.78 is 19.1. The molecule has 0 fully saturated rings. The molecule has 3 aromatic carbocycles. The van der Waals surface area contributed by atoms with E-state index in [1.807, 2.05) is 0 Å². The molecule has 4 aromatic rings. The maximum absolute atomic E-state index is 13.4. The zero-order valence-electron chi connectivity index (χ0n) is 20.6. The number of aromatic nitrogens is 2. The number of fused-ring (bicyclic) bond motifs is 1. The summed E-state index contributed by atoms with van der Waals surface area (Å²) in [7, 11) is 0. The lowest BCUT2D eigenvalue weighted by molar-refractivity contribution is -0.117. The summed E-state index contributed by atoms with van der Waals surface area (Å²) in [5, 5.41) is 10.4. The Kier molecular flexibility index (Phi) is 9.82. The van der Waals surface area contributed by atoms with Crippen molar-refractivity contribution in [2.75, 3.05) is 22.5 Å². The lowest BCUT2D eigenvalue weighted by atomic mass is 10.2. The molecule has 0 spiro atoms. The highest BCUT2D eigenvalue weighted by molar-refractivity contribution is 9.09. The number of benzene rings is 3. The molecule has 2 amide bonds. The Bertz CT molecular complexity index is 1520. The van der Waals surface area contributed by atoms with Crippen LogP contribution in [-0.4, -0.2) is 33.7 Å². The number of carbonyl (C=O) groups excluding carboxylic acids is 2. The minimum Gasteiger partial charge on any atom is -0.487 e. The number of nitrogens with one attached hydrogen (secondary N) is 3. The van der Waals surface area contributed by atoms with Gasteiger partial charge < -0.3 is 20.7 Å². The molecule has 0 unspecified atom stereocenters. The number of nitrogens with zero attached hydrogens (tertiary/aromatic N) is 2. The zero-order chi connectivity index (χ0) is 27.6. The van der Waals surface area contributed by atoms with Gasteiger partial charge in [-0.1, -0.05) is 45.7 Å². The number of amides is 2. The highest BCUT2D eigenvalue weighted by atomic mass is 79.9. The maximum Gasteiger partial charge on any atom is 0.243 e. The van der Waals surface area contributed by atoms with Crippen molar-refractivity contribution in [3.8, 4) is 5.75 Å². The molecular formula is C28H24BrClFN5O3. The van der Waals surface area contributed by atoms with Crippen LogP contribution in [0.2, 0.25) is 5.02 Å². The second-order valence-corrected chi connectivity index (χ2v) is 9.34. The minimum atomic E-state index is -0.330. The number of anilines is 3. The van der Waals surface area contributed by atoms with Crippen LogP contribution in [0.3, 0.4) is 0 Å². The average molecular weight is 613 g/mol. The topological polar surface area (TPSA) is 105 Å². The smallest absolute Gasteiger partial charge is 0.243 e. The summed E-state index contributed by atoms with van der Waals surface area (Å²) in [6.45, 7) is 0.388. The number of hydrogen-bond acceptors (Lipinski definition) is 6. The van der Waals surface area contributed by atoms with Crippen molar-refractivity contribution in [2.24, 2.45) is 0 Å². The standard InChI is InChI=1S/C28H24BrClFN5O3/c29-11-2-5-26(37)32-12-10-27(38)35-20-6-8-24-22(14-20)28(34-17-33-24)36-21-7-9-25(23(30)15-21)39-16-18-3-1-4-19(31)13-18/h1-9,13-15,17H,10-12,16H2,(H,32,37)(H,35,38)(H,33,34,36)/b5-2+. The highest BCUT2D eigenvalue weighted by Gasteiger charge is 2.10. The van der Waals surface area contributed by atoms with E-state index >= 15 is 0 Å². The van der Waals surface area contributed by atoms with Gasteiger partial charge in [0.05, 0.1) is 10.5 Å². The van der Waals surface area contributed by atoms with Crippen LogP contribution >= 0.6 is 27.5 Å². The largest absolute Gasteiger partial charge is 0.487 e. The first-order valence-electron chi connectivity index (χ1n) is 11.9. The number of halogens is 3. The van der Waals surface area contributed by atoms with Crippen LogP contribution in [0, 0.1) is 5.82 Å². The number of ether oxygens (including phenoxy) is 1. The van der Waals surface area contributed by atoms with Gasteiger partial charge in [-0.3, -0.25) is 9.59 Å². The predicted octanol–water partition coefficient (Wildman–Crippen LogP) is 6.14. The molecule has 0 radical (unpaired) electrons. The van der Waals surface area contributed by atoms with Gasteiger partial charge in [-0.25, -0.2) is 14.4 Å². The molecule has 3 N–H and O–H groups in total. The van der Waals surface area contributed by atoms with Crippen LogP contribution in [0.25, 0.3) is 10.9 Å². The van der Waals surface area contributed by atoms with Gasteiger partial charge in [0.15, 0.2) is 0 Å². The molecule has 0 bridgehead atoms. The van der Waals surface area contributed by atoms with E-state index in [9.17, 15) is 14.0 Å². The molecule has 0 atom stereocenters. The van der Waals surface area contributed by atoms with E-state index in [-0.39, 0.29) is 37.2 Å². The number of allylic oxidation sites excluding steroid dienone is 1. The van der Waals surface area contributed by atoms with Crippen molar-refractivity contribution < 1.29 is 18.7 Å². The fraction of sp³-hybridized carbons (Fsp3) is 0.143. The molecule has 0 aliphatic rings. The molecule has 0 saturated carbocycles. The third kappa shape index (κ3) is 8.23. The number of carbonyl (C=O) groups is 2. The van der Waals surface area contributed by atoms with Gasteiger partial charge in [0.2, 0.25) is 11.8 Å². The van der Waals surface area contributed by atoms with E-state index in [2.05, 4.69) is 41.8 Å². The van der Waals surface area contributed by atoms with E-state index in [1.165, 1.54) is 24.5 Å². The Morgan fingerprint density at radius 1 is 1.05 bits per heavy atom. The van der Waals surface area contributed by atoms with E-state index in [0.29, 0.717) is 49.8 Å². The molecule has 1 heterocycles. The average Bonchev–Trinajstić information content (AvgIpc) is 2.92. The summed E-state index contributed by atoms with van der Waals surface area (Å²) in [5.74, 6) is 0.146. The summed E-state index contributed by atoms with van der Waals surface area (Å²) in [4.78, 5) is 32.6. The Morgan fingerprint density at radius 3 is 2.69 bits per heavy atom. The van der Waals surface area contributed by atoms with E-state index < -0.39 is 0 Å². The number of alkyl halides is 1. The quantitative estimate of drug-likeness (QED) is 0.139. The number of rotatable bonds is 11. The van der Waals surface area contributed by atoms with Gasteiger partial charge in [-0.05, 0) is 60.2 Å². The predicted molar refractivity (Wildman–Crippen MR) is 154 cm³/mol. The maximum atomic E-state index is 13.4. The first kappa shape index (κ1) is 28.0. The van der Waals surface area contributed by atoms with Crippen molar-refractivity contribution in [2.45, 2.75) is 13.0 Å². The van der Waals surface area contributed by atoms with Crippen LogP contribution in [0.15, 0.2) is 79.1 Å². The summed E-state index contributed by atoms with van der Waals surface area (Å²) in [6.07, 6.45) is 4.64. The lowest BCUT2D eigenvalue weighted by Gasteiger charge is -2.13. The third-order valence-corrected chi connectivity index (χ3v) is 6.08. The molecule has 39 heavy (non-hydrogen) atoms. The monoisotopic (exact) mass is 611 g/mol. The van der Waals surface area contributed by atoms with Crippen LogP contribution in [0.4, 0.5) is 21.6 Å². The molecule has 0 aliphatic heterocycles. The van der Waals surface area contributed by atoms with Crippen molar-refractivity contribution in [3.05, 3.63) is 95.5 Å². The number of hydrogen-bond donors (Lipinski definition) is 3. The van der Waals surface area contributed by atoms with Gasteiger partial charge in [0.1, 0.15) is 30.3 Å². The minimum absolute atomic E-state index is 0.120. The van der Waals surface area contributed by atoms with Crippen molar-refractivity contribution in [1.82, 2.24) is 15.3 Å². The first-order valence-corrected chi connectivity index (χ1v) is 13.4. The van der Waals surface area contributed by atoms with Crippen LogP contribution < -0.4 is 20.7 Å². The summed E-state index contributed by atoms with van der Waals surface area (Å²) in [6, 6.07) is 16.7. The molecule has 4 rings (SSSR count). The fourth-order valence-electron chi connectivity index (χ4n) is 3.59. The van der Waals surface area contributed by atoms with Crippen LogP contribution in [0.5, 0.6) is 5.75 Å². The Labute approximate surface area is 237 Å². The van der Waals surface area contributed by atoms with Crippen molar-refractivity contribution in [1.29, 1.82) is 0 Å². The summed E-state index contributed by atoms with van der Waals surface area (Å²) in [5.41, 5.74) is 2.60. The van der Waals surface area contributed by atoms with Crippen molar-refractivity contribution in [3.63, 3.8) is 0 Å². The zero-order valence-corrected chi connectivity index (χ0v) is 22.9. The summed E-state index contributed by atoms with van der Waals surface area (Å²) >= 11 is 9.63. The molecule has 200 valence electrons. The Balaban J connectivity index is 1.40. The SMILES string of the molecule is O=C(/C=C/CBr)NCCC(=O)Nc1ccc2ncnc(Nc3ccc(OCc4cccc(F)c4)c(Cl)c3)c2c1. The molecular weight excluding hydrogens is 589 g/mol. The van der Waals surface area contributed by atoms with Crippen LogP contribution in [0.1, 0.15) is 12.0 Å². The van der Waals surface area contributed by atoms with E-state index in [1.54, 1.807) is 54.6 Å². The van der Waals surface area contributed by atoms with Gasteiger partial charge in [-0.2, -0.15) is 0 Å². The Hall–Kier alpha value is -4.02. The highest BCUT2D eigenvalue weighted by Crippen LogP contribution is 2.31. The fourth-order valence-corrected chi connectivity index (χ4v) is 4.01. The molecule has 11 heteroatoms.